The van der Waals surface area contributed by atoms with Gasteiger partial charge in [0.2, 0.25) is 11.8 Å². The number of carbonyl (C=O) groups is 1. The highest BCUT2D eigenvalue weighted by Crippen LogP contribution is 2.24. The van der Waals surface area contributed by atoms with Gasteiger partial charge in [-0.3, -0.25) is 4.79 Å². The number of carbonyl (C=O) groups excluding carboxylic acids is 1. The fourth-order valence-corrected chi connectivity index (χ4v) is 2.37. The van der Waals surface area contributed by atoms with Crippen LogP contribution < -0.4 is 10.5 Å². The second kappa shape index (κ2) is 8.53. The summed E-state index contributed by atoms with van der Waals surface area (Å²) in [5.74, 6) is 1.45. The molecule has 0 unspecified atom stereocenters. The molecule has 0 saturated carbocycles. The number of benzene rings is 1. The standard InChI is InChI=1S/C19H24BN2O2/c1-13(2)8-9-20-11-15-4-6-17(14(3)10-15)24-18-7-5-16(12-22-18)19(21)23/h4-7,10,12-13H,8-9,11H2,1-3H3,(H2,21,23). The number of nitrogens with zero attached hydrogens (tertiary/aromatic N) is 1. The van der Waals surface area contributed by atoms with E-state index in [9.17, 15) is 4.79 Å². The summed E-state index contributed by atoms with van der Waals surface area (Å²) in [6.45, 7) is 6.51. The monoisotopic (exact) mass is 323 g/mol. The Morgan fingerprint density at radius 3 is 2.67 bits per heavy atom. The molecule has 4 nitrogen and oxygen atoms in total. The van der Waals surface area contributed by atoms with E-state index in [1.807, 2.05) is 13.0 Å². The number of aromatic nitrogens is 1. The lowest BCUT2D eigenvalue weighted by molar-refractivity contribution is 0.1000. The van der Waals surface area contributed by atoms with Gasteiger partial charge in [0.05, 0.1) is 5.56 Å². The van der Waals surface area contributed by atoms with Gasteiger partial charge < -0.3 is 10.5 Å². The van der Waals surface area contributed by atoms with Crippen molar-refractivity contribution in [3.63, 3.8) is 0 Å². The zero-order valence-corrected chi connectivity index (χ0v) is 14.6. The summed E-state index contributed by atoms with van der Waals surface area (Å²) in [5, 5.41) is 0. The van der Waals surface area contributed by atoms with Gasteiger partial charge in [-0.15, -0.1) is 0 Å². The van der Waals surface area contributed by atoms with Crippen LogP contribution in [0.2, 0.25) is 6.32 Å². The molecule has 2 N–H and O–H groups in total. The molecule has 1 aromatic heterocycles. The van der Waals surface area contributed by atoms with Gasteiger partial charge in [0.15, 0.2) is 0 Å². The van der Waals surface area contributed by atoms with E-state index in [0.29, 0.717) is 11.4 Å². The topological polar surface area (TPSA) is 65.2 Å². The van der Waals surface area contributed by atoms with Gasteiger partial charge in [0, 0.05) is 12.3 Å². The largest absolute Gasteiger partial charge is 0.439 e. The number of aryl methyl sites for hydroxylation is 1. The van der Waals surface area contributed by atoms with Crippen molar-refractivity contribution in [1.29, 1.82) is 0 Å². The number of amides is 1. The van der Waals surface area contributed by atoms with Gasteiger partial charge in [-0.05, 0) is 30.5 Å². The molecule has 125 valence electrons. The Balaban J connectivity index is 1.95. The van der Waals surface area contributed by atoms with E-state index in [0.717, 1.165) is 29.9 Å². The van der Waals surface area contributed by atoms with Crippen LogP contribution in [0.25, 0.3) is 0 Å². The second-order valence-corrected chi connectivity index (χ2v) is 6.42. The maximum absolute atomic E-state index is 11.0. The zero-order chi connectivity index (χ0) is 17.5. The summed E-state index contributed by atoms with van der Waals surface area (Å²) in [6.07, 6.45) is 4.77. The highest BCUT2D eigenvalue weighted by atomic mass is 16.5. The number of pyridine rings is 1. The average Bonchev–Trinajstić information content (AvgIpc) is 2.54. The predicted molar refractivity (Wildman–Crippen MR) is 97.7 cm³/mol. The quantitative estimate of drug-likeness (QED) is 0.591. The molecule has 2 aromatic rings. The smallest absolute Gasteiger partial charge is 0.250 e. The summed E-state index contributed by atoms with van der Waals surface area (Å²) in [5.41, 5.74) is 7.91. The molecule has 1 amide bonds. The van der Waals surface area contributed by atoms with Crippen LogP contribution in [0.1, 0.15) is 41.8 Å². The third-order valence-corrected chi connectivity index (χ3v) is 3.80. The first-order valence-corrected chi connectivity index (χ1v) is 8.30. The molecule has 0 atom stereocenters. The van der Waals surface area contributed by atoms with Crippen LogP contribution in [-0.4, -0.2) is 18.2 Å². The first-order chi connectivity index (χ1) is 11.5. The summed E-state index contributed by atoms with van der Waals surface area (Å²) in [4.78, 5) is 15.2. The summed E-state index contributed by atoms with van der Waals surface area (Å²) >= 11 is 0. The molecule has 0 bridgehead atoms. The first-order valence-electron chi connectivity index (χ1n) is 8.30. The number of rotatable bonds is 8. The average molecular weight is 323 g/mol. The molecule has 0 fully saturated rings. The number of ether oxygens (including phenoxy) is 1. The Labute approximate surface area is 144 Å². The lowest BCUT2D eigenvalue weighted by atomic mass is 9.67. The van der Waals surface area contributed by atoms with E-state index in [2.05, 4.69) is 38.2 Å². The molecule has 2 rings (SSSR count). The van der Waals surface area contributed by atoms with Gasteiger partial charge in [0.25, 0.3) is 0 Å². The SMILES string of the molecule is Cc1cc(C[B]CCC(C)C)ccc1Oc1ccc(C(N)=O)cn1. The zero-order valence-electron chi connectivity index (χ0n) is 14.6. The number of nitrogens with two attached hydrogens (primary N) is 1. The molecule has 24 heavy (non-hydrogen) atoms. The molecule has 0 saturated heterocycles. The Morgan fingerprint density at radius 1 is 1.29 bits per heavy atom. The van der Waals surface area contributed by atoms with E-state index in [4.69, 9.17) is 10.5 Å². The maximum Gasteiger partial charge on any atom is 0.250 e. The number of primary amides is 1. The fourth-order valence-electron chi connectivity index (χ4n) is 2.37. The Hall–Kier alpha value is -2.30. The Kier molecular flexibility index (Phi) is 6.41. The van der Waals surface area contributed by atoms with Gasteiger partial charge >= 0.3 is 0 Å². The Bertz CT molecular complexity index is 684. The minimum absolute atomic E-state index is 0.367. The third kappa shape index (κ3) is 5.41. The molecule has 0 spiro atoms. The molecule has 0 aliphatic rings. The summed E-state index contributed by atoms with van der Waals surface area (Å²) < 4.78 is 5.78. The first kappa shape index (κ1) is 18.0. The van der Waals surface area contributed by atoms with Crippen molar-refractivity contribution in [2.75, 3.05) is 0 Å². The highest BCUT2D eigenvalue weighted by Gasteiger charge is 2.06. The van der Waals surface area contributed by atoms with Crippen molar-refractivity contribution >= 4 is 13.2 Å². The van der Waals surface area contributed by atoms with Crippen molar-refractivity contribution in [2.24, 2.45) is 11.7 Å². The maximum atomic E-state index is 11.0. The summed E-state index contributed by atoms with van der Waals surface area (Å²) in [6, 6.07) is 9.43. The van der Waals surface area contributed by atoms with Crippen molar-refractivity contribution in [2.45, 2.75) is 39.8 Å². The molecular weight excluding hydrogens is 299 g/mol. The molecule has 1 radical (unpaired) electrons. The molecule has 0 aliphatic heterocycles. The Morgan fingerprint density at radius 2 is 2.08 bits per heavy atom. The van der Waals surface area contributed by atoms with Crippen molar-refractivity contribution in [3.05, 3.63) is 53.2 Å². The lowest BCUT2D eigenvalue weighted by Crippen LogP contribution is -2.10. The highest BCUT2D eigenvalue weighted by molar-refractivity contribution is 6.34. The van der Waals surface area contributed by atoms with Crippen molar-refractivity contribution in [3.8, 4) is 11.6 Å². The van der Waals surface area contributed by atoms with E-state index < -0.39 is 5.91 Å². The van der Waals surface area contributed by atoms with E-state index in [1.165, 1.54) is 18.2 Å². The van der Waals surface area contributed by atoms with Crippen LogP contribution in [0, 0.1) is 12.8 Å². The second-order valence-electron chi connectivity index (χ2n) is 6.42. The number of hydrogen-bond donors (Lipinski definition) is 1. The van der Waals surface area contributed by atoms with E-state index in [1.54, 1.807) is 12.1 Å². The van der Waals surface area contributed by atoms with Gasteiger partial charge in [-0.2, -0.15) is 0 Å². The van der Waals surface area contributed by atoms with Gasteiger partial charge in [-0.25, -0.2) is 4.98 Å². The van der Waals surface area contributed by atoms with Gasteiger partial charge in [0.1, 0.15) is 13.0 Å². The molecule has 0 aliphatic carbocycles. The lowest BCUT2D eigenvalue weighted by Gasteiger charge is -2.10. The predicted octanol–water partition coefficient (Wildman–Crippen LogP) is 3.95. The number of hydrogen-bond acceptors (Lipinski definition) is 3. The van der Waals surface area contributed by atoms with Crippen LogP contribution in [0.4, 0.5) is 0 Å². The van der Waals surface area contributed by atoms with Gasteiger partial charge in [-0.1, -0.05) is 50.6 Å². The van der Waals surface area contributed by atoms with Crippen molar-refractivity contribution in [1.82, 2.24) is 4.98 Å². The molecular formula is C19H24BN2O2. The minimum atomic E-state index is -0.497. The molecule has 5 heteroatoms. The normalized spacial score (nSPS) is 10.7. The van der Waals surface area contributed by atoms with Crippen LogP contribution >= 0.6 is 0 Å². The van der Waals surface area contributed by atoms with Crippen molar-refractivity contribution < 1.29 is 9.53 Å². The molecule has 1 heterocycles. The van der Waals surface area contributed by atoms with Crippen LogP contribution in [0.5, 0.6) is 11.6 Å². The fraction of sp³-hybridized carbons (Fsp3) is 0.368. The van der Waals surface area contributed by atoms with Crippen LogP contribution in [0.3, 0.4) is 0 Å². The van der Waals surface area contributed by atoms with Crippen LogP contribution in [0.15, 0.2) is 36.5 Å². The summed E-state index contributed by atoms with van der Waals surface area (Å²) in [7, 11) is 2.33. The third-order valence-electron chi connectivity index (χ3n) is 3.80. The van der Waals surface area contributed by atoms with Crippen LogP contribution in [-0.2, 0) is 6.32 Å². The minimum Gasteiger partial charge on any atom is -0.439 e. The van der Waals surface area contributed by atoms with E-state index in [-0.39, 0.29) is 0 Å². The van der Waals surface area contributed by atoms with E-state index >= 15 is 0 Å². The molecule has 1 aromatic carbocycles.